The molecule has 1 aliphatic carbocycles. The van der Waals surface area contributed by atoms with Crippen LogP contribution >= 0.6 is 0 Å². The molecule has 0 unspecified atom stereocenters. The third-order valence-electron chi connectivity index (χ3n) is 8.34. The van der Waals surface area contributed by atoms with Crippen molar-refractivity contribution >= 4 is 29.8 Å². The van der Waals surface area contributed by atoms with Crippen molar-refractivity contribution in [3.63, 3.8) is 0 Å². The normalized spacial score (nSPS) is 12.5. The van der Waals surface area contributed by atoms with Gasteiger partial charge in [-0.15, -0.1) is 0 Å². The van der Waals surface area contributed by atoms with E-state index in [1.165, 1.54) is 30.3 Å². The summed E-state index contributed by atoms with van der Waals surface area (Å²) in [6.45, 7) is 0. The molecule has 0 atom stereocenters. The molecule has 10 heteroatoms. The quantitative estimate of drug-likeness (QED) is 0.132. The second kappa shape index (κ2) is 10.9. The Morgan fingerprint density at radius 3 is 1.30 bits per heavy atom. The first kappa shape index (κ1) is 29.5. The molecule has 46 heavy (non-hydrogen) atoms. The van der Waals surface area contributed by atoms with Crippen LogP contribution in [-0.2, 0) is 5.41 Å². The molecule has 5 aromatic rings. The number of benzene rings is 5. The molecule has 5 aromatic carbocycles. The minimum atomic E-state index is -1.57. The second-order valence-electron chi connectivity index (χ2n) is 10.6. The van der Waals surface area contributed by atoms with Crippen molar-refractivity contribution in [2.75, 3.05) is 0 Å². The van der Waals surface area contributed by atoms with Gasteiger partial charge in [-0.1, -0.05) is 72.8 Å². The van der Waals surface area contributed by atoms with Crippen LogP contribution in [0, 0.1) is 0 Å². The molecular formula is C36H22O10. The summed E-state index contributed by atoms with van der Waals surface area (Å²) in [7, 11) is 0. The molecule has 0 saturated carbocycles. The average molecular weight is 615 g/mol. The molecule has 10 nitrogen and oxygen atoms in total. The zero-order valence-electron chi connectivity index (χ0n) is 23.6. The Labute approximate surface area is 260 Å². The first-order valence-electron chi connectivity index (χ1n) is 13.8. The van der Waals surface area contributed by atoms with E-state index in [9.17, 15) is 49.5 Å². The van der Waals surface area contributed by atoms with E-state index in [2.05, 4.69) is 0 Å². The van der Waals surface area contributed by atoms with Crippen LogP contribution in [0.5, 0.6) is 0 Å². The number of fused-ring (bicyclic) bond motifs is 3. The maximum absolute atomic E-state index is 12.4. The Hall–Kier alpha value is -6.55. The zero-order chi connectivity index (χ0) is 32.9. The third-order valence-corrected chi connectivity index (χ3v) is 8.34. The predicted octanol–water partition coefficient (Wildman–Crippen LogP) is 6.21. The molecule has 0 saturated heterocycles. The highest BCUT2D eigenvalue weighted by Crippen LogP contribution is 2.59. The van der Waals surface area contributed by atoms with Gasteiger partial charge in [0.15, 0.2) is 0 Å². The van der Waals surface area contributed by atoms with Crippen molar-refractivity contribution in [2.24, 2.45) is 0 Å². The van der Waals surface area contributed by atoms with E-state index in [-0.39, 0.29) is 16.7 Å². The van der Waals surface area contributed by atoms with Crippen LogP contribution in [0.4, 0.5) is 0 Å². The SMILES string of the molecule is O=C(O)c1ccc(C2(c3ccc(C(=O)O)c(C(=O)O)c3)c3ccccc3-c3cccc(-c4ccccc4C(=O)O)c32)cc1C(=O)O. The standard InChI is InChI=1S/C36H22O10/c37-31(38)24-8-2-1-6-20(24)22-9-5-10-23-21-7-3-4-11-29(21)36(30(22)23,18-12-14-25(32(39)40)27(16-18)34(43)44)19-13-15-26(33(41)42)28(17-19)35(45)46/h1-17H,(H,37,38)(H,39,40)(H,41,42)(H,43,44)(H,45,46). The lowest BCUT2D eigenvalue weighted by atomic mass is 9.65. The van der Waals surface area contributed by atoms with Gasteiger partial charge in [0, 0.05) is 0 Å². The van der Waals surface area contributed by atoms with Gasteiger partial charge in [0.1, 0.15) is 0 Å². The predicted molar refractivity (Wildman–Crippen MR) is 164 cm³/mol. The maximum Gasteiger partial charge on any atom is 0.336 e. The Morgan fingerprint density at radius 2 is 0.804 bits per heavy atom. The summed E-state index contributed by atoms with van der Waals surface area (Å²) in [4.78, 5) is 61.3. The van der Waals surface area contributed by atoms with Crippen molar-refractivity contribution in [1.82, 2.24) is 0 Å². The number of aromatic carboxylic acids is 5. The van der Waals surface area contributed by atoms with Gasteiger partial charge in [0.05, 0.1) is 33.2 Å². The molecule has 0 aliphatic heterocycles. The van der Waals surface area contributed by atoms with E-state index < -0.39 is 57.5 Å². The summed E-state index contributed by atoms with van der Waals surface area (Å²) in [5.74, 6) is -7.18. The van der Waals surface area contributed by atoms with Crippen LogP contribution in [0.25, 0.3) is 22.3 Å². The number of carboxylic acid groups (broad SMARTS) is 5. The number of hydrogen-bond donors (Lipinski definition) is 5. The van der Waals surface area contributed by atoms with Gasteiger partial charge in [-0.05, 0) is 74.8 Å². The van der Waals surface area contributed by atoms with Gasteiger partial charge in [-0.25, -0.2) is 24.0 Å². The molecule has 0 aromatic heterocycles. The Kier molecular flexibility index (Phi) is 6.97. The van der Waals surface area contributed by atoms with Crippen LogP contribution in [0.15, 0.2) is 103 Å². The van der Waals surface area contributed by atoms with E-state index in [1.807, 2.05) is 6.07 Å². The van der Waals surface area contributed by atoms with Crippen molar-refractivity contribution in [1.29, 1.82) is 0 Å². The van der Waals surface area contributed by atoms with E-state index in [1.54, 1.807) is 54.6 Å². The summed E-state index contributed by atoms with van der Waals surface area (Å²) < 4.78 is 0. The smallest absolute Gasteiger partial charge is 0.336 e. The Balaban J connectivity index is 1.86. The fraction of sp³-hybridized carbons (Fsp3) is 0.0278. The van der Waals surface area contributed by atoms with Crippen molar-refractivity contribution in [2.45, 2.75) is 5.41 Å². The van der Waals surface area contributed by atoms with Crippen LogP contribution in [0.3, 0.4) is 0 Å². The van der Waals surface area contributed by atoms with Gasteiger partial charge in [0.25, 0.3) is 0 Å². The summed E-state index contributed by atoms with van der Waals surface area (Å²) in [5, 5.41) is 49.9. The molecule has 0 bridgehead atoms. The molecule has 0 amide bonds. The van der Waals surface area contributed by atoms with Crippen molar-refractivity contribution in [3.8, 4) is 22.3 Å². The monoisotopic (exact) mass is 614 g/mol. The molecule has 5 N–H and O–H groups in total. The lowest BCUT2D eigenvalue weighted by molar-refractivity contribution is 0.0651. The number of rotatable bonds is 8. The van der Waals surface area contributed by atoms with E-state index in [0.29, 0.717) is 33.4 Å². The molecule has 6 rings (SSSR count). The molecule has 1 aliphatic rings. The minimum Gasteiger partial charge on any atom is -0.478 e. The van der Waals surface area contributed by atoms with Crippen LogP contribution < -0.4 is 0 Å². The van der Waals surface area contributed by atoms with Gasteiger partial charge in [0.2, 0.25) is 0 Å². The highest BCUT2D eigenvalue weighted by atomic mass is 16.4. The average Bonchev–Trinajstić information content (AvgIpc) is 3.35. The lowest BCUT2D eigenvalue weighted by Crippen LogP contribution is -2.31. The van der Waals surface area contributed by atoms with Gasteiger partial charge < -0.3 is 25.5 Å². The van der Waals surface area contributed by atoms with Crippen molar-refractivity contribution in [3.05, 3.63) is 153 Å². The van der Waals surface area contributed by atoms with Crippen LogP contribution in [0.2, 0.25) is 0 Å². The molecule has 0 radical (unpaired) electrons. The third kappa shape index (κ3) is 4.31. The van der Waals surface area contributed by atoms with Crippen LogP contribution in [-0.4, -0.2) is 55.4 Å². The summed E-state index contributed by atoms with van der Waals surface area (Å²) in [5.41, 5.74) is -0.0395. The molecule has 0 fully saturated rings. The summed E-state index contributed by atoms with van der Waals surface area (Å²) >= 11 is 0. The second-order valence-corrected chi connectivity index (χ2v) is 10.6. The Morgan fingerprint density at radius 1 is 0.391 bits per heavy atom. The summed E-state index contributed by atoms with van der Waals surface area (Å²) in [6.07, 6.45) is 0. The summed E-state index contributed by atoms with van der Waals surface area (Å²) in [6, 6.07) is 26.3. The first-order valence-corrected chi connectivity index (χ1v) is 13.8. The zero-order valence-corrected chi connectivity index (χ0v) is 23.6. The first-order chi connectivity index (χ1) is 22.0. The number of hydrogen-bond acceptors (Lipinski definition) is 5. The van der Waals surface area contributed by atoms with Crippen molar-refractivity contribution < 1.29 is 49.5 Å². The number of carboxylic acids is 5. The topological polar surface area (TPSA) is 186 Å². The Bertz CT molecular complexity index is 2090. The molecule has 0 spiro atoms. The van der Waals surface area contributed by atoms with Crippen LogP contribution in [0.1, 0.15) is 74.0 Å². The highest BCUT2D eigenvalue weighted by molar-refractivity contribution is 6.05. The molecule has 226 valence electrons. The fourth-order valence-corrected chi connectivity index (χ4v) is 6.54. The lowest BCUT2D eigenvalue weighted by Gasteiger charge is -2.36. The number of carbonyl (C=O) groups is 5. The minimum absolute atomic E-state index is 0.0272. The fourth-order valence-electron chi connectivity index (χ4n) is 6.54. The van der Waals surface area contributed by atoms with E-state index >= 15 is 0 Å². The molecular weight excluding hydrogens is 592 g/mol. The molecule has 0 heterocycles. The largest absolute Gasteiger partial charge is 0.478 e. The van der Waals surface area contributed by atoms with E-state index in [4.69, 9.17) is 0 Å². The highest BCUT2D eigenvalue weighted by Gasteiger charge is 2.48. The van der Waals surface area contributed by atoms with E-state index in [0.717, 1.165) is 12.1 Å². The van der Waals surface area contributed by atoms with Gasteiger partial charge in [-0.2, -0.15) is 0 Å². The van der Waals surface area contributed by atoms with Gasteiger partial charge in [-0.3, -0.25) is 0 Å². The maximum atomic E-state index is 12.4. The van der Waals surface area contributed by atoms with Gasteiger partial charge >= 0.3 is 29.8 Å².